The van der Waals surface area contributed by atoms with Crippen LogP contribution in [0.1, 0.15) is 19.8 Å². The van der Waals surface area contributed by atoms with Crippen LogP contribution >= 0.6 is 0 Å². The average Bonchev–Trinajstić information content (AvgIpc) is 2.30. The Labute approximate surface area is 101 Å². The van der Waals surface area contributed by atoms with Gasteiger partial charge in [-0.3, -0.25) is 14.5 Å². The molecule has 0 fully saturated rings. The van der Waals surface area contributed by atoms with E-state index in [9.17, 15) is 4.79 Å². The van der Waals surface area contributed by atoms with E-state index < -0.39 is 0 Å². The van der Waals surface area contributed by atoms with Gasteiger partial charge in [0, 0.05) is 5.57 Å². The molecule has 102 valence electrons. The third-order valence-electron chi connectivity index (χ3n) is 1.40. The van der Waals surface area contributed by atoms with Gasteiger partial charge in [-0.2, -0.15) is 0 Å². The Hall–Kier alpha value is -0.990. The van der Waals surface area contributed by atoms with Crippen molar-refractivity contribution >= 4 is 5.91 Å². The summed E-state index contributed by atoms with van der Waals surface area (Å²) in [6, 6.07) is 0. The first-order valence-electron chi connectivity index (χ1n) is 5.28. The van der Waals surface area contributed by atoms with E-state index in [1.807, 2.05) is 6.92 Å². The van der Waals surface area contributed by atoms with Gasteiger partial charge >= 0.3 is 0 Å². The molecule has 7 nitrogen and oxygen atoms in total. The maximum absolute atomic E-state index is 10.2. The van der Waals surface area contributed by atoms with Crippen LogP contribution in [0.3, 0.4) is 0 Å². The smallest absolute Gasteiger partial charge is 0.244 e. The van der Waals surface area contributed by atoms with Gasteiger partial charge in [0.1, 0.15) is 0 Å². The molecular weight excluding hydrogens is 228 g/mol. The summed E-state index contributed by atoms with van der Waals surface area (Å²) in [5.41, 5.74) is 7.47. The summed E-state index contributed by atoms with van der Waals surface area (Å²) in [5.74, 6) is -0.383. The monoisotopic (exact) mass is 250 g/mol. The van der Waals surface area contributed by atoms with Crippen LogP contribution in [0, 0.1) is 0 Å². The molecule has 7 heteroatoms. The molecule has 0 aliphatic rings. The number of rotatable bonds is 9. The summed E-state index contributed by atoms with van der Waals surface area (Å²) in [5, 5.41) is 16.3. The Morgan fingerprint density at radius 1 is 1.29 bits per heavy atom. The van der Waals surface area contributed by atoms with Crippen LogP contribution in [0.4, 0.5) is 0 Å². The van der Waals surface area contributed by atoms with Crippen LogP contribution in [-0.4, -0.2) is 42.5 Å². The molecule has 0 aliphatic heterocycles. The summed E-state index contributed by atoms with van der Waals surface area (Å²) < 4.78 is 0. The summed E-state index contributed by atoms with van der Waals surface area (Å²) >= 11 is 0. The molecular formula is C10H22N2O5. The quantitative estimate of drug-likeness (QED) is 0.243. The molecule has 0 unspecified atom stereocenters. The Morgan fingerprint density at radius 3 is 2.00 bits per heavy atom. The summed E-state index contributed by atoms with van der Waals surface area (Å²) in [6.07, 6.45) is 1.65. The third kappa shape index (κ3) is 17.6. The van der Waals surface area contributed by atoms with Crippen molar-refractivity contribution in [3.8, 4) is 0 Å². The molecule has 0 saturated carbocycles. The van der Waals surface area contributed by atoms with Gasteiger partial charge < -0.3 is 15.9 Å². The number of aliphatic hydroxyl groups is 2. The van der Waals surface area contributed by atoms with E-state index in [-0.39, 0.29) is 32.3 Å². The topological polar surface area (TPSA) is 114 Å². The SMILES string of the molecule is C=C(CCC)C(N)=O.OCCONOCCO. The van der Waals surface area contributed by atoms with Gasteiger partial charge in [-0.25, -0.2) is 0 Å². The second kappa shape index (κ2) is 15.0. The highest BCUT2D eigenvalue weighted by Crippen LogP contribution is 1.98. The van der Waals surface area contributed by atoms with E-state index in [2.05, 4.69) is 21.9 Å². The fraction of sp³-hybridized carbons (Fsp3) is 0.700. The molecule has 0 aromatic rings. The van der Waals surface area contributed by atoms with E-state index in [0.29, 0.717) is 5.57 Å². The van der Waals surface area contributed by atoms with Crippen molar-refractivity contribution < 1.29 is 24.7 Å². The van der Waals surface area contributed by atoms with Gasteiger partial charge in [0.05, 0.1) is 26.4 Å². The molecule has 1 amide bonds. The normalized spacial score (nSPS) is 9.35. The zero-order valence-electron chi connectivity index (χ0n) is 10.1. The van der Waals surface area contributed by atoms with Crippen LogP contribution in [0.25, 0.3) is 0 Å². The second-order valence-electron chi connectivity index (χ2n) is 2.95. The first kappa shape index (κ1) is 18.4. The minimum atomic E-state index is -0.383. The average molecular weight is 250 g/mol. The first-order valence-corrected chi connectivity index (χ1v) is 5.28. The largest absolute Gasteiger partial charge is 0.394 e. The number of nitrogens with two attached hydrogens (primary N) is 1. The lowest BCUT2D eigenvalue weighted by molar-refractivity contribution is -0.178. The van der Waals surface area contributed by atoms with Crippen LogP contribution < -0.4 is 11.4 Å². The number of carbonyl (C=O) groups is 1. The summed E-state index contributed by atoms with van der Waals surface area (Å²) in [6.45, 7) is 5.67. The number of hydrogen-bond acceptors (Lipinski definition) is 6. The van der Waals surface area contributed by atoms with Crippen LogP contribution in [0.5, 0.6) is 0 Å². The van der Waals surface area contributed by atoms with Crippen molar-refractivity contribution in [1.29, 1.82) is 0 Å². The number of hydrogen-bond donors (Lipinski definition) is 4. The minimum absolute atomic E-state index is 0.0600. The Kier molecular flexibility index (Phi) is 16.2. The number of amides is 1. The van der Waals surface area contributed by atoms with Gasteiger partial charge in [0.25, 0.3) is 0 Å². The predicted molar refractivity (Wildman–Crippen MR) is 62.5 cm³/mol. The van der Waals surface area contributed by atoms with E-state index in [0.717, 1.165) is 12.8 Å². The van der Waals surface area contributed by atoms with Crippen molar-refractivity contribution in [2.45, 2.75) is 19.8 Å². The van der Waals surface area contributed by atoms with E-state index in [4.69, 9.17) is 15.9 Å². The van der Waals surface area contributed by atoms with Crippen molar-refractivity contribution in [1.82, 2.24) is 5.64 Å². The molecule has 0 bridgehead atoms. The van der Waals surface area contributed by atoms with Crippen molar-refractivity contribution in [3.05, 3.63) is 12.2 Å². The molecule has 0 aliphatic carbocycles. The van der Waals surface area contributed by atoms with Gasteiger partial charge in [-0.05, 0) is 6.42 Å². The maximum Gasteiger partial charge on any atom is 0.244 e. The second-order valence-corrected chi connectivity index (χ2v) is 2.95. The van der Waals surface area contributed by atoms with Crippen molar-refractivity contribution in [2.75, 3.05) is 26.4 Å². The van der Waals surface area contributed by atoms with E-state index >= 15 is 0 Å². The fourth-order valence-electron chi connectivity index (χ4n) is 0.641. The molecule has 17 heavy (non-hydrogen) atoms. The molecule has 0 aromatic carbocycles. The zero-order valence-corrected chi connectivity index (χ0v) is 10.1. The number of carbonyl (C=O) groups excluding carboxylic acids is 1. The number of nitrogens with one attached hydrogen (secondary N) is 1. The molecule has 0 aromatic heterocycles. The Morgan fingerprint density at radius 2 is 1.76 bits per heavy atom. The minimum Gasteiger partial charge on any atom is -0.394 e. The summed E-state index contributed by atoms with van der Waals surface area (Å²) in [7, 11) is 0. The molecule has 5 N–H and O–H groups in total. The molecule has 0 saturated heterocycles. The maximum atomic E-state index is 10.2. The highest BCUT2D eigenvalue weighted by atomic mass is 16.9. The van der Waals surface area contributed by atoms with Gasteiger partial charge in [0.2, 0.25) is 5.91 Å². The summed E-state index contributed by atoms with van der Waals surface area (Å²) in [4.78, 5) is 19.1. The van der Waals surface area contributed by atoms with Crippen LogP contribution in [0.15, 0.2) is 12.2 Å². The fourth-order valence-corrected chi connectivity index (χ4v) is 0.641. The van der Waals surface area contributed by atoms with Crippen LogP contribution in [0.2, 0.25) is 0 Å². The van der Waals surface area contributed by atoms with Crippen LogP contribution in [-0.2, 0) is 14.5 Å². The van der Waals surface area contributed by atoms with Gasteiger partial charge in [0.15, 0.2) is 0 Å². The van der Waals surface area contributed by atoms with Crippen molar-refractivity contribution in [3.63, 3.8) is 0 Å². The third-order valence-corrected chi connectivity index (χ3v) is 1.40. The molecule has 0 heterocycles. The van der Waals surface area contributed by atoms with Gasteiger partial charge in [-0.15, -0.1) is 0 Å². The highest BCUT2D eigenvalue weighted by molar-refractivity contribution is 5.91. The molecule has 0 rings (SSSR count). The Balaban J connectivity index is 0. The van der Waals surface area contributed by atoms with E-state index in [1.54, 1.807) is 0 Å². The lowest BCUT2D eigenvalue weighted by Gasteiger charge is -2.01. The van der Waals surface area contributed by atoms with Gasteiger partial charge in [-0.1, -0.05) is 25.6 Å². The van der Waals surface area contributed by atoms with E-state index in [1.165, 1.54) is 0 Å². The van der Waals surface area contributed by atoms with Crippen molar-refractivity contribution in [2.24, 2.45) is 5.73 Å². The first-order chi connectivity index (χ1) is 8.09. The number of aliphatic hydroxyl groups excluding tert-OH is 2. The number of primary amides is 1. The molecule has 0 spiro atoms. The highest BCUT2D eigenvalue weighted by Gasteiger charge is 1.96. The lowest BCUT2D eigenvalue weighted by Crippen LogP contribution is -2.19. The standard InChI is InChI=1S/C6H11NO.C4H11NO4/c1-3-4-5(2)6(7)8;6-1-3-8-5-9-4-2-7/h2-4H2,1H3,(H2,7,8);5-7H,1-4H2. The molecule has 0 radical (unpaired) electrons. The Bertz CT molecular complexity index is 193. The predicted octanol–water partition coefficient (Wildman–Crippen LogP) is -0.748. The molecule has 0 atom stereocenters. The lowest BCUT2D eigenvalue weighted by atomic mass is 10.2. The zero-order chi connectivity index (χ0) is 13.5.